The summed E-state index contributed by atoms with van der Waals surface area (Å²) in [7, 11) is 0. The average Bonchev–Trinajstić information content (AvgIpc) is 3.12. The van der Waals surface area contributed by atoms with Gasteiger partial charge in [0.25, 0.3) is 0 Å². The van der Waals surface area contributed by atoms with Crippen LogP contribution in [0.1, 0.15) is 103 Å². The van der Waals surface area contributed by atoms with Gasteiger partial charge in [-0.1, -0.05) is 35.5 Å². The van der Waals surface area contributed by atoms with Gasteiger partial charge in [0.1, 0.15) is 28.4 Å². The van der Waals surface area contributed by atoms with Crippen LogP contribution < -0.4 is 9.47 Å². The lowest BCUT2D eigenvalue weighted by atomic mass is 9.51. The van der Waals surface area contributed by atoms with Crippen LogP contribution in [-0.2, 0) is 20.7 Å². The van der Waals surface area contributed by atoms with Crippen LogP contribution in [0.3, 0.4) is 0 Å². The minimum absolute atomic E-state index is 0.0544. The molecule has 8 heteroatoms. The van der Waals surface area contributed by atoms with Gasteiger partial charge >= 0.3 is 5.97 Å². The van der Waals surface area contributed by atoms with E-state index in [1.165, 1.54) is 18.6 Å². The monoisotopic (exact) mass is 628 g/mol. The Morgan fingerprint density at radius 2 is 1.70 bits per heavy atom. The van der Waals surface area contributed by atoms with E-state index in [1.807, 2.05) is 52.8 Å². The molecule has 3 aliphatic heterocycles. The number of carboxylic acid groups (broad SMARTS) is 1. The molecule has 3 aliphatic carbocycles. The highest BCUT2D eigenvalue weighted by Crippen LogP contribution is 2.68. The molecule has 8 nitrogen and oxygen atoms in total. The number of ketones is 2. The lowest BCUT2D eigenvalue weighted by molar-refractivity contribution is -0.171. The van der Waals surface area contributed by atoms with E-state index >= 15 is 0 Å². The van der Waals surface area contributed by atoms with Gasteiger partial charge in [-0.05, 0) is 93.2 Å². The zero-order chi connectivity index (χ0) is 33.6. The first-order valence-electron chi connectivity index (χ1n) is 16.2. The second-order valence-electron chi connectivity index (χ2n) is 14.8. The number of hydrogen-bond donors (Lipinski definition) is 2. The van der Waals surface area contributed by atoms with Gasteiger partial charge in [0.15, 0.2) is 22.8 Å². The summed E-state index contributed by atoms with van der Waals surface area (Å²) in [6.07, 6.45) is 13.4. The fourth-order valence-electron chi connectivity index (χ4n) is 8.17. The first-order chi connectivity index (χ1) is 21.5. The summed E-state index contributed by atoms with van der Waals surface area (Å²) in [5.74, 6) is -2.28. The van der Waals surface area contributed by atoms with E-state index in [2.05, 4.69) is 19.9 Å². The number of rotatable bonds is 8. The van der Waals surface area contributed by atoms with E-state index in [0.29, 0.717) is 41.7 Å². The standard InChI is InChI=1S/C38H44O8/c1-20(2)10-9-15-36(8)16-14-24-29(39)28-30(40)26-18-23-19-27-35(6,7)46-37(33(23)41,17-13-22(5)34(42)43)38(26,27)45-32(28)25(31(24)44-36)12-11-21(3)4/h10-11,13-14,16,18,23,27,39H,9,12,15,17,19H2,1-8H3,(H,42,43)/b22-13+/t23-,27?,36+,37+,38-/m1/s1. The molecule has 2 fully saturated rings. The van der Waals surface area contributed by atoms with Crippen molar-refractivity contribution >= 4 is 23.6 Å². The van der Waals surface area contributed by atoms with Crippen molar-refractivity contribution in [3.05, 3.63) is 69.4 Å². The van der Waals surface area contributed by atoms with E-state index in [0.717, 1.165) is 12.0 Å². The van der Waals surface area contributed by atoms with Crippen LogP contribution in [0.4, 0.5) is 0 Å². The summed E-state index contributed by atoms with van der Waals surface area (Å²) in [6.45, 7) is 15.4. The molecule has 1 saturated heterocycles. The van der Waals surface area contributed by atoms with Crippen molar-refractivity contribution in [2.45, 2.75) is 110 Å². The summed E-state index contributed by atoms with van der Waals surface area (Å²) < 4.78 is 20.6. The zero-order valence-electron chi connectivity index (χ0n) is 28.0. The van der Waals surface area contributed by atoms with Crippen molar-refractivity contribution in [1.29, 1.82) is 0 Å². The molecule has 7 rings (SSSR count). The van der Waals surface area contributed by atoms with Crippen LogP contribution in [0.15, 0.2) is 52.7 Å². The molecular weight excluding hydrogens is 584 g/mol. The van der Waals surface area contributed by atoms with Crippen LogP contribution in [-0.4, -0.2) is 50.2 Å². The molecule has 1 aromatic carbocycles. The summed E-state index contributed by atoms with van der Waals surface area (Å²) in [5.41, 5.74) is -0.952. The van der Waals surface area contributed by atoms with Gasteiger partial charge in [-0.2, -0.15) is 0 Å². The molecule has 0 aromatic heterocycles. The number of hydrogen-bond acceptors (Lipinski definition) is 7. The van der Waals surface area contributed by atoms with Crippen LogP contribution in [0, 0.1) is 11.8 Å². The summed E-state index contributed by atoms with van der Waals surface area (Å²) in [5, 5.41) is 21.4. The van der Waals surface area contributed by atoms with Crippen molar-refractivity contribution in [1.82, 2.24) is 0 Å². The predicted molar refractivity (Wildman–Crippen MR) is 174 cm³/mol. The maximum absolute atomic E-state index is 14.7. The number of fused-ring (bicyclic) bond motifs is 2. The quantitative estimate of drug-likeness (QED) is 0.228. The number of aromatic hydroxyl groups is 1. The Bertz CT molecular complexity index is 1730. The molecular formula is C38H44O8. The molecule has 3 heterocycles. The van der Waals surface area contributed by atoms with Gasteiger partial charge in [-0.25, -0.2) is 4.79 Å². The van der Waals surface area contributed by atoms with Gasteiger partial charge in [0, 0.05) is 35.0 Å². The normalized spacial score (nSPS) is 31.2. The van der Waals surface area contributed by atoms with Gasteiger partial charge in [0.2, 0.25) is 0 Å². The number of ether oxygens (including phenoxy) is 3. The van der Waals surface area contributed by atoms with Crippen LogP contribution in [0.25, 0.3) is 6.08 Å². The summed E-state index contributed by atoms with van der Waals surface area (Å²) >= 11 is 0. The molecule has 5 atom stereocenters. The molecule has 0 radical (unpaired) electrons. The maximum atomic E-state index is 14.7. The summed E-state index contributed by atoms with van der Waals surface area (Å²) in [4.78, 5) is 40.8. The van der Waals surface area contributed by atoms with E-state index in [1.54, 1.807) is 6.08 Å². The number of phenolic OH excluding ortho intramolecular Hbond substituents is 1. The molecule has 4 bridgehead atoms. The highest BCUT2D eigenvalue weighted by Gasteiger charge is 2.81. The number of carbonyl (C=O) groups excluding carboxylic acids is 2. The first-order valence-corrected chi connectivity index (χ1v) is 16.2. The van der Waals surface area contributed by atoms with E-state index in [4.69, 9.17) is 14.2 Å². The third-order valence-electron chi connectivity index (χ3n) is 10.5. The second kappa shape index (κ2) is 10.6. The third kappa shape index (κ3) is 4.47. The molecule has 0 amide bonds. The molecule has 6 aliphatic rings. The van der Waals surface area contributed by atoms with Crippen molar-refractivity contribution in [3.8, 4) is 17.2 Å². The van der Waals surface area contributed by atoms with Gasteiger partial charge < -0.3 is 24.4 Å². The van der Waals surface area contributed by atoms with Crippen molar-refractivity contribution in [3.63, 3.8) is 0 Å². The van der Waals surface area contributed by atoms with Crippen molar-refractivity contribution in [2.24, 2.45) is 11.8 Å². The minimum atomic E-state index is -1.63. The van der Waals surface area contributed by atoms with E-state index in [9.17, 15) is 24.6 Å². The topological polar surface area (TPSA) is 119 Å². The highest BCUT2D eigenvalue weighted by molar-refractivity contribution is 6.19. The van der Waals surface area contributed by atoms with Crippen LogP contribution in [0.5, 0.6) is 17.2 Å². The molecule has 1 spiro atoms. The van der Waals surface area contributed by atoms with Crippen LogP contribution >= 0.6 is 0 Å². The van der Waals surface area contributed by atoms with Crippen molar-refractivity contribution in [2.75, 3.05) is 0 Å². The number of benzene rings is 1. The summed E-state index contributed by atoms with van der Waals surface area (Å²) in [6, 6.07) is 0. The largest absolute Gasteiger partial charge is 0.506 e. The van der Waals surface area contributed by atoms with E-state index < -0.39 is 40.1 Å². The third-order valence-corrected chi connectivity index (χ3v) is 10.5. The fraction of sp³-hybridized carbons (Fsp3) is 0.500. The van der Waals surface area contributed by atoms with Crippen molar-refractivity contribution < 1.29 is 38.8 Å². The van der Waals surface area contributed by atoms with E-state index in [-0.39, 0.29) is 40.8 Å². The van der Waals surface area contributed by atoms with Gasteiger partial charge in [-0.3, -0.25) is 9.59 Å². The van der Waals surface area contributed by atoms with Gasteiger partial charge in [-0.15, -0.1) is 0 Å². The Morgan fingerprint density at radius 1 is 1.00 bits per heavy atom. The first kappa shape index (κ1) is 32.0. The predicted octanol–water partition coefficient (Wildman–Crippen LogP) is 7.24. The second-order valence-corrected chi connectivity index (χ2v) is 14.8. The molecule has 2 N–H and O–H groups in total. The number of carboxylic acids is 1. The molecule has 46 heavy (non-hydrogen) atoms. The SMILES string of the molecule is CC(C)=CCC[C@@]1(C)C=Cc2c(O)c3c(c(CC=C(C)C)c2O1)O[C@]12C(=C[C@@H]4CC1C(C)(C)O[C@@]2(C/C=C(\C)C(=O)O)C4=O)C3=O. The fourth-order valence-corrected chi connectivity index (χ4v) is 8.17. The number of carbonyl (C=O) groups is 3. The zero-order valence-corrected chi connectivity index (χ0v) is 28.0. The maximum Gasteiger partial charge on any atom is 0.330 e. The number of aliphatic carboxylic acids is 1. The number of phenols is 1. The molecule has 244 valence electrons. The smallest absolute Gasteiger partial charge is 0.330 e. The number of allylic oxidation sites excluding steroid dienone is 5. The Labute approximate surface area is 270 Å². The lowest BCUT2D eigenvalue weighted by Crippen LogP contribution is -2.72. The Hall–Kier alpha value is -3.91. The minimum Gasteiger partial charge on any atom is -0.506 e. The average molecular weight is 629 g/mol. The molecule has 1 aromatic rings. The van der Waals surface area contributed by atoms with Gasteiger partial charge in [0.05, 0.1) is 11.2 Å². The Kier molecular flexibility index (Phi) is 7.36. The Morgan fingerprint density at radius 3 is 2.35 bits per heavy atom. The molecule has 1 saturated carbocycles. The van der Waals surface area contributed by atoms with Crippen LogP contribution in [0.2, 0.25) is 0 Å². The lowest BCUT2D eigenvalue weighted by Gasteiger charge is -2.56. The molecule has 1 unspecified atom stereocenters. The highest BCUT2D eigenvalue weighted by atomic mass is 16.6. The Balaban J connectivity index is 1.59. The number of Topliss-reactive ketones (excluding diaryl/α,β-unsaturated/α-hetero) is 2.